The fourth-order valence-electron chi connectivity index (χ4n) is 6.44. The Morgan fingerprint density at radius 3 is 1.80 bits per heavy atom. The summed E-state index contributed by atoms with van der Waals surface area (Å²) in [5.41, 5.74) is 5.47. The van der Waals surface area contributed by atoms with Crippen LogP contribution in [0.3, 0.4) is 0 Å². The Hall–Kier alpha value is -3.21. The molecule has 0 bridgehead atoms. The van der Waals surface area contributed by atoms with Crippen LogP contribution in [0.4, 0.5) is 0 Å². The van der Waals surface area contributed by atoms with Gasteiger partial charge in [-0.2, -0.15) is 0 Å². The molecule has 6 nitrogen and oxygen atoms in total. The maximum atomic E-state index is 7.00. The molecule has 1 atom stereocenters. The van der Waals surface area contributed by atoms with E-state index in [0.29, 0.717) is 13.2 Å². The molecule has 1 unspecified atom stereocenters. The van der Waals surface area contributed by atoms with Gasteiger partial charge in [0.2, 0.25) is 16.6 Å². The molecular weight excluding hydrogens is 655 g/mol. The van der Waals surface area contributed by atoms with Crippen LogP contribution < -0.4 is 23.1 Å². The molecule has 3 aromatic carbocycles. The lowest BCUT2D eigenvalue weighted by Crippen LogP contribution is -2.43. The summed E-state index contributed by atoms with van der Waals surface area (Å²) in [4.78, 5) is 2.54. The summed E-state index contributed by atoms with van der Waals surface area (Å²) < 4.78 is 33.2. The third-order valence-electron chi connectivity index (χ3n) is 11.6. The van der Waals surface area contributed by atoms with Crippen molar-refractivity contribution in [2.45, 2.75) is 110 Å². The molecule has 8 heteroatoms. The summed E-state index contributed by atoms with van der Waals surface area (Å²) >= 11 is 0. The minimum absolute atomic E-state index is 0.0902. The SMILES string of the molecule is CC(C)(C)[Si](C)(C)Oc1ccc2c(c1)OC(c1ccc(OCCN3CCCCCC3)cc1)C1=C2COc2cc(O[Si](C)(C)C(C)(C)C)ccc21. The van der Waals surface area contributed by atoms with Gasteiger partial charge in [0.05, 0.1) is 0 Å². The molecule has 0 amide bonds. The quantitative estimate of drug-likeness (QED) is 0.206. The number of fused-ring (bicyclic) bond motifs is 4. The van der Waals surface area contributed by atoms with Gasteiger partial charge in [-0.15, -0.1) is 0 Å². The Bertz CT molecular complexity index is 1690. The molecule has 1 saturated heterocycles. The molecule has 0 saturated carbocycles. The van der Waals surface area contributed by atoms with E-state index in [1.165, 1.54) is 38.8 Å². The van der Waals surface area contributed by atoms with Gasteiger partial charge >= 0.3 is 0 Å². The Morgan fingerprint density at radius 1 is 0.680 bits per heavy atom. The normalized spacial score (nSPS) is 18.6. The summed E-state index contributed by atoms with van der Waals surface area (Å²) in [6, 6.07) is 21.1. The van der Waals surface area contributed by atoms with Gasteiger partial charge in [0.15, 0.2) is 6.10 Å². The third kappa shape index (κ3) is 7.82. The maximum absolute atomic E-state index is 7.00. The van der Waals surface area contributed by atoms with Crippen LogP contribution in [0.5, 0.6) is 28.7 Å². The van der Waals surface area contributed by atoms with E-state index in [0.717, 1.165) is 63.1 Å². The van der Waals surface area contributed by atoms with Gasteiger partial charge in [-0.25, -0.2) is 0 Å². The third-order valence-corrected chi connectivity index (χ3v) is 20.4. The molecule has 0 spiro atoms. The van der Waals surface area contributed by atoms with Gasteiger partial charge in [-0.05, 0) is 104 Å². The van der Waals surface area contributed by atoms with Gasteiger partial charge in [-0.3, -0.25) is 4.90 Å². The lowest BCUT2D eigenvalue weighted by Gasteiger charge is -2.38. The van der Waals surface area contributed by atoms with Gasteiger partial charge in [0.1, 0.15) is 42.0 Å². The van der Waals surface area contributed by atoms with E-state index in [9.17, 15) is 0 Å². The second-order valence-corrected chi connectivity index (χ2v) is 26.8. The van der Waals surface area contributed by atoms with Crippen molar-refractivity contribution in [3.8, 4) is 28.7 Å². The zero-order chi connectivity index (χ0) is 35.9. The second kappa shape index (κ2) is 14.1. The van der Waals surface area contributed by atoms with Crippen molar-refractivity contribution < 1.29 is 23.1 Å². The topological polar surface area (TPSA) is 49.4 Å². The molecule has 3 heterocycles. The fourth-order valence-corrected chi connectivity index (χ4v) is 8.49. The van der Waals surface area contributed by atoms with Crippen molar-refractivity contribution in [1.82, 2.24) is 4.90 Å². The molecule has 0 aliphatic carbocycles. The predicted octanol–water partition coefficient (Wildman–Crippen LogP) is 11.1. The zero-order valence-corrected chi connectivity index (χ0v) is 34.2. The lowest BCUT2D eigenvalue weighted by atomic mass is 9.84. The fraction of sp³-hybridized carbons (Fsp3) is 0.524. The Balaban J connectivity index is 1.32. The second-order valence-electron chi connectivity index (χ2n) is 17.4. The van der Waals surface area contributed by atoms with Crippen molar-refractivity contribution in [3.05, 3.63) is 77.4 Å². The molecule has 6 rings (SSSR count). The van der Waals surface area contributed by atoms with E-state index in [2.05, 4.69) is 133 Å². The van der Waals surface area contributed by atoms with Gasteiger partial charge in [0, 0.05) is 41.0 Å². The Morgan fingerprint density at radius 2 is 1.22 bits per heavy atom. The van der Waals surface area contributed by atoms with Crippen LogP contribution in [-0.4, -0.2) is 54.4 Å². The van der Waals surface area contributed by atoms with Crippen LogP contribution in [0.1, 0.15) is 90.0 Å². The van der Waals surface area contributed by atoms with E-state index >= 15 is 0 Å². The Labute approximate surface area is 303 Å². The molecule has 0 aromatic heterocycles. The molecule has 0 radical (unpaired) electrons. The number of benzene rings is 3. The van der Waals surface area contributed by atoms with Crippen LogP contribution in [-0.2, 0) is 0 Å². The van der Waals surface area contributed by atoms with E-state index in [1.54, 1.807) is 0 Å². The molecule has 1 fully saturated rings. The van der Waals surface area contributed by atoms with Crippen LogP contribution in [0, 0.1) is 0 Å². The number of hydrogen-bond acceptors (Lipinski definition) is 6. The summed E-state index contributed by atoms with van der Waals surface area (Å²) in [5, 5.41) is 0.189. The highest BCUT2D eigenvalue weighted by atomic mass is 28.4. The van der Waals surface area contributed by atoms with E-state index in [4.69, 9.17) is 23.1 Å². The summed E-state index contributed by atoms with van der Waals surface area (Å²) in [7, 11) is -4.06. The molecular formula is C42H59NO5Si2. The summed E-state index contributed by atoms with van der Waals surface area (Å²) in [6.07, 6.45) is 4.96. The van der Waals surface area contributed by atoms with Crippen molar-refractivity contribution in [3.63, 3.8) is 0 Å². The monoisotopic (exact) mass is 713 g/mol. The highest BCUT2D eigenvalue weighted by molar-refractivity contribution is 6.75. The van der Waals surface area contributed by atoms with E-state index < -0.39 is 16.6 Å². The number of likely N-dealkylation sites (tertiary alicyclic amines) is 1. The van der Waals surface area contributed by atoms with E-state index in [-0.39, 0.29) is 16.2 Å². The number of hydrogen-bond donors (Lipinski definition) is 0. The van der Waals surface area contributed by atoms with Crippen molar-refractivity contribution in [1.29, 1.82) is 0 Å². The average molecular weight is 714 g/mol. The first kappa shape index (κ1) is 36.6. The number of nitrogens with zero attached hydrogens (tertiary/aromatic N) is 1. The summed E-state index contributed by atoms with van der Waals surface area (Å²) in [5.74, 6) is 4.27. The van der Waals surface area contributed by atoms with Crippen LogP contribution in [0.15, 0.2) is 60.7 Å². The largest absolute Gasteiger partial charge is 0.543 e. The molecule has 270 valence electrons. The van der Waals surface area contributed by atoms with Crippen LogP contribution in [0.25, 0.3) is 11.1 Å². The molecule has 3 aliphatic heterocycles. The predicted molar refractivity (Wildman–Crippen MR) is 211 cm³/mol. The minimum Gasteiger partial charge on any atom is -0.543 e. The van der Waals surface area contributed by atoms with E-state index in [1.807, 2.05) is 0 Å². The molecule has 50 heavy (non-hydrogen) atoms. The number of rotatable bonds is 9. The first-order valence-corrected chi connectivity index (χ1v) is 24.5. The van der Waals surface area contributed by atoms with Crippen molar-refractivity contribution >= 4 is 27.8 Å². The number of ether oxygens (including phenoxy) is 3. The maximum Gasteiger partial charge on any atom is 0.250 e. The minimum atomic E-state index is -2.04. The smallest absolute Gasteiger partial charge is 0.250 e. The van der Waals surface area contributed by atoms with Gasteiger partial charge < -0.3 is 23.1 Å². The molecule has 3 aliphatic rings. The van der Waals surface area contributed by atoms with Crippen molar-refractivity contribution in [2.24, 2.45) is 0 Å². The summed E-state index contributed by atoms with van der Waals surface area (Å²) in [6.45, 7) is 27.2. The van der Waals surface area contributed by atoms with Gasteiger partial charge in [0.25, 0.3) is 0 Å². The molecule has 0 N–H and O–H groups in total. The standard InChI is InChI=1S/C42H59NO5Si2/c1-41(2,3)49(7,8)47-32-20-22-35-37(27-32)45-29-36-34-21-19-33(48-50(9,10)42(4,5)6)28-38(34)46-40(39(35)36)30-15-17-31(18-16-30)44-26-25-43-23-13-11-12-14-24-43/h15-22,27-28,40H,11-14,23-26,29H2,1-10H3. The van der Waals surface area contributed by atoms with Crippen LogP contribution >= 0.6 is 0 Å². The van der Waals surface area contributed by atoms with Crippen molar-refractivity contribution in [2.75, 3.05) is 32.8 Å². The Kier molecular flexibility index (Phi) is 10.3. The first-order valence-electron chi connectivity index (χ1n) is 18.7. The first-order chi connectivity index (χ1) is 23.5. The zero-order valence-electron chi connectivity index (χ0n) is 32.2. The molecule has 3 aromatic rings. The van der Waals surface area contributed by atoms with Gasteiger partial charge in [-0.1, -0.05) is 66.5 Å². The highest BCUT2D eigenvalue weighted by Crippen LogP contribution is 2.53. The average Bonchev–Trinajstić information content (AvgIpc) is 3.32. The van der Waals surface area contributed by atoms with Crippen LogP contribution in [0.2, 0.25) is 36.3 Å². The lowest BCUT2D eigenvalue weighted by molar-refractivity contribution is 0.214. The highest BCUT2D eigenvalue weighted by Gasteiger charge is 2.41.